The maximum atomic E-state index is 12.6. The highest BCUT2D eigenvalue weighted by Crippen LogP contribution is 2.26. The van der Waals surface area contributed by atoms with E-state index < -0.39 is 0 Å². The van der Waals surface area contributed by atoms with Crippen LogP contribution in [0, 0.1) is 6.92 Å². The van der Waals surface area contributed by atoms with Crippen molar-refractivity contribution in [2.75, 3.05) is 13.7 Å². The number of carbonyl (C=O) groups is 1. The van der Waals surface area contributed by atoms with Gasteiger partial charge in [-0.2, -0.15) is 0 Å². The highest BCUT2D eigenvalue weighted by atomic mass is 16.5. The van der Waals surface area contributed by atoms with Gasteiger partial charge >= 0.3 is 0 Å². The molecule has 0 radical (unpaired) electrons. The third-order valence-corrected chi connectivity index (χ3v) is 4.02. The van der Waals surface area contributed by atoms with Crippen molar-refractivity contribution in [2.24, 2.45) is 0 Å². The molecule has 3 nitrogen and oxygen atoms in total. The number of nitrogens with zero attached hydrogens (tertiary/aromatic N) is 1. The monoisotopic (exact) mass is 261 g/mol. The fourth-order valence-corrected chi connectivity index (χ4v) is 2.90. The Kier molecular flexibility index (Phi) is 4.46. The summed E-state index contributed by atoms with van der Waals surface area (Å²) in [6.07, 6.45) is 4.77. The first-order valence-corrected chi connectivity index (χ1v) is 7.13. The minimum atomic E-state index is 0.132. The summed E-state index contributed by atoms with van der Waals surface area (Å²) in [5.41, 5.74) is 1.79. The fraction of sp³-hybridized carbons (Fsp3) is 0.562. The molecule has 1 fully saturated rings. The molecule has 1 aliphatic carbocycles. The molecule has 1 aromatic carbocycles. The second kappa shape index (κ2) is 6.09. The van der Waals surface area contributed by atoms with Crippen LogP contribution in [0.4, 0.5) is 0 Å². The number of ether oxygens (including phenoxy) is 1. The molecule has 1 saturated carbocycles. The van der Waals surface area contributed by atoms with E-state index in [4.69, 9.17) is 4.74 Å². The number of aryl methyl sites for hydroxylation is 1. The van der Waals surface area contributed by atoms with Gasteiger partial charge < -0.3 is 9.64 Å². The lowest BCUT2D eigenvalue weighted by atomic mass is 10.1. The molecule has 104 valence electrons. The Hall–Kier alpha value is -1.51. The van der Waals surface area contributed by atoms with E-state index in [1.165, 1.54) is 12.8 Å². The third-order valence-electron chi connectivity index (χ3n) is 4.02. The first kappa shape index (κ1) is 13.9. The van der Waals surface area contributed by atoms with Gasteiger partial charge in [-0.05, 0) is 44.4 Å². The van der Waals surface area contributed by atoms with Crippen molar-refractivity contribution in [3.8, 4) is 5.75 Å². The van der Waals surface area contributed by atoms with Crippen molar-refractivity contribution in [1.82, 2.24) is 4.90 Å². The van der Waals surface area contributed by atoms with E-state index >= 15 is 0 Å². The largest absolute Gasteiger partial charge is 0.496 e. The molecule has 19 heavy (non-hydrogen) atoms. The Morgan fingerprint density at radius 2 is 2.05 bits per heavy atom. The van der Waals surface area contributed by atoms with Gasteiger partial charge in [-0.25, -0.2) is 0 Å². The van der Waals surface area contributed by atoms with E-state index in [-0.39, 0.29) is 5.91 Å². The van der Waals surface area contributed by atoms with E-state index in [2.05, 4.69) is 6.92 Å². The molecule has 0 spiro atoms. The zero-order valence-electron chi connectivity index (χ0n) is 12.1. The first-order valence-electron chi connectivity index (χ1n) is 7.13. The van der Waals surface area contributed by atoms with Crippen LogP contribution in [0.1, 0.15) is 48.5 Å². The van der Waals surface area contributed by atoms with E-state index in [0.29, 0.717) is 6.04 Å². The van der Waals surface area contributed by atoms with E-state index in [0.717, 1.165) is 36.3 Å². The number of amides is 1. The fourth-order valence-electron chi connectivity index (χ4n) is 2.90. The lowest BCUT2D eigenvalue weighted by Gasteiger charge is -2.28. The molecule has 0 bridgehead atoms. The van der Waals surface area contributed by atoms with Crippen LogP contribution >= 0.6 is 0 Å². The molecule has 0 saturated heterocycles. The van der Waals surface area contributed by atoms with E-state index in [9.17, 15) is 4.79 Å². The van der Waals surface area contributed by atoms with Crippen LogP contribution in [0.3, 0.4) is 0 Å². The summed E-state index contributed by atoms with van der Waals surface area (Å²) in [6, 6.07) is 6.13. The minimum absolute atomic E-state index is 0.132. The summed E-state index contributed by atoms with van der Waals surface area (Å²) in [7, 11) is 1.64. The Morgan fingerprint density at radius 1 is 1.37 bits per heavy atom. The molecule has 0 unspecified atom stereocenters. The van der Waals surface area contributed by atoms with Crippen LogP contribution in [0.2, 0.25) is 0 Å². The Labute approximate surface area is 115 Å². The maximum Gasteiger partial charge on any atom is 0.254 e. The zero-order chi connectivity index (χ0) is 13.8. The second-order valence-electron chi connectivity index (χ2n) is 5.21. The number of methoxy groups -OCH3 is 1. The van der Waals surface area contributed by atoms with E-state index in [1.54, 1.807) is 7.11 Å². The van der Waals surface area contributed by atoms with Crippen molar-refractivity contribution >= 4 is 5.91 Å². The summed E-state index contributed by atoms with van der Waals surface area (Å²) in [5, 5.41) is 0. The van der Waals surface area contributed by atoms with Gasteiger partial charge in [0.05, 0.1) is 7.11 Å². The second-order valence-corrected chi connectivity index (χ2v) is 5.21. The van der Waals surface area contributed by atoms with Crippen LogP contribution in [0.25, 0.3) is 0 Å². The first-order chi connectivity index (χ1) is 9.17. The smallest absolute Gasteiger partial charge is 0.254 e. The quantitative estimate of drug-likeness (QED) is 0.831. The average molecular weight is 261 g/mol. The number of hydrogen-bond acceptors (Lipinski definition) is 2. The summed E-state index contributed by atoms with van der Waals surface area (Å²) >= 11 is 0. The van der Waals surface area contributed by atoms with Gasteiger partial charge in [0.2, 0.25) is 0 Å². The molecule has 1 amide bonds. The molecule has 1 aliphatic rings. The molecule has 0 atom stereocenters. The van der Waals surface area contributed by atoms with Crippen molar-refractivity contribution in [1.29, 1.82) is 0 Å². The highest BCUT2D eigenvalue weighted by Gasteiger charge is 2.26. The van der Waals surface area contributed by atoms with Crippen molar-refractivity contribution in [2.45, 2.75) is 45.6 Å². The summed E-state index contributed by atoms with van der Waals surface area (Å²) in [4.78, 5) is 14.6. The lowest BCUT2D eigenvalue weighted by Crippen LogP contribution is -2.38. The SMILES string of the molecule is CCN(C(=O)c1ccc(C)c(OC)c1)C1CCCC1. The van der Waals surface area contributed by atoms with Gasteiger partial charge in [0, 0.05) is 18.2 Å². The van der Waals surface area contributed by atoms with Gasteiger partial charge in [0.15, 0.2) is 0 Å². The van der Waals surface area contributed by atoms with E-state index in [1.807, 2.05) is 30.0 Å². The van der Waals surface area contributed by atoms with Crippen LogP contribution in [0.5, 0.6) is 5.75 Å². The van der Waals surface area contributed by atoms with Crippen molar-refractivity contribution in [3.63, 3.8) is 0 Å². The number of hydrogen-bond donors (Lipinski definition) is 0. The Morgan fingerprint density at radius 3 is 2.63 bits per heavy atom. The molecule has 3 heteroatoms. The van der Waals surface area contributed by atoms with Gasteiger partial charge in [-0.15, -0.1) is 0 Å². The number of carbonyl (C=O) groups excluding carboxylic acids is 1. The van der Waals surface area contributed by atoms with Crippen LogP contribution in [-0.2, 0) is 0 Å². The van der Waals surface area contributed by atoms with Gasteiger partial charge in [-0.1, -0.05) is 18.9 Å². The maximum absolute atomic E-state index is 12.6. The van der Waals surface area contributed by atoms with Crippen molar-refractivity contribution < 1.29 is 9.53 Å². The van der Waals surface area contributed by atoms with Crippen LogP contribution in [-0.4, -0.2) is 30.5 Å². The van der Waals surface area contributed by atoms with Crippen LogP contribution < -0.4 is 4.74 Å². The average Bonchev–Trinajstić information content (AvgIpc) is 2.94. The standard InChI is InChI=1S/C16H23NO2/c1-4-17(14-7-5-6-8-14)16(18)13-10-9-12(2)15(11-13)19-3/h9-11,14H,4-8H2,1-3H3. The third kappa shape index (κ3) is 2.91. The predicted molar refractivity (Wildman–Crippen MR) is 76.7 cm³/mol. The Balaban J connectivity index is 2.21. The topological polar surface area (TPSA) is 29.5 Å². The zero-order valence-corrected chi connectivity index (χ0v) is 12.1. The molecular weight excluding hydrogens is 238 g/mol. The normalized spacial score (nSPS) is 15.5. The minimum Gasteiger partial charge on any atom is -0.496 e. The van der Waals surface area contributed by atoms with Gasteiger partial charge in [0.25, 0.3) is 5.91 Å². The molecule has 0 N–H and O–H groups in total. The predicted octanol–water partition coefficient (Wildman–Crippen LogP) is 3.41. The molecule has 0 aromatic heterocycles. The summed E-state index contributed by atoms with van der Waals surface area (Å²) < 4.78 is 5.30. The summed E-state index contributed by atoms with van der Waals surface area (Å²) in [5.74, 6) is 0.918. The number of rotatable bonds is 4. The highest BCUT2D eigenvalue weighted by molar-refractivity contribution is 5.95. The van der Waals surface area contributed by atoms with Gasteiger partial charge in [-0.3, -0.25) is 4.79 Å². The van der Waals surface area contributed by atoms with Gasteiger partial charge in [0.1, 0.15) is 5.75 Å². The number of benzene rings is 1. The lowest BCUT2D eigenvalue weighted by molar-refractivity contribution is 0.0693. The molecule has 0 aliphatic heterocycles. The molecular formula is C16H23NO2. The Bertz CT molecular complexity index is 450. The van der Waals surface area contributed by atoms with Crippen LogP contribution in [0.15, 0.2) is 18.2 Å². The summed E-state index contributed by atoms with van der Waals surface area (Å²) in [6.45, 7) is 4.82. The molecule has 2 rings (SSSR count). The van der Waals surface area contributed by atoms with Crippen molar-refractivity contribution in [3.05, 3.63) is 29.3 Å². The molecule has 1 aromatic rings. The molecule has 0 heterocycles.